The van der Waals surface area contributed by atoms with Gasteiger partial charge in [-0.1, -0.05) is 27.7 Å². The van der Waals surface area contributed by atoms with E-state index in [2.05, 4.69) is 26.1 Å². The molecule has 1 atom stereocenters. The van der Waals surface area contributed by atoms with Crippen molar-refractivity contribution in [2.24, 2.45) is 5.41 Å². The summed E-state index contributed by atoms with van der Waals surface area (Å²) in [6, 6.07) is 0. The van der Waals surface area contributed by atoms with E-state index in [0.29, 0.717) is 6.42 Å². The van der Waals surface area contributed by atoms with Gasteiger partial charge < -0.3 is 10.4 Å². The molecule has 0 spiro atoms. The Morgan fingerprint density at radius 2 is 1.79 bits per heavy atom. The van der Waals surface area contributed by atoms with Crippen molar-refractivity contribution in [2.75, 3.05) is 6.54 Å². The summed E-state index contributed by atoms with van der Waals surface area (Å²) in [5.41, 5.74) is -0.522. The van der Waals surface area contributed by atoms with Crippen LogP contribution in [0, 0.1) is 5.41 Å². The van der Waals surface area contributed by atoms with Gasteiger partial charge in [0.25, 0.3) is 0 Å². The van der Waals surface area contributed by atoms with E-state index >= 15 is 0 Å². The van der Waals surface area contributed by atoms with Crippen LogP contribution in [0.3, 0.4) is 0 Å². The molecule has 0 radical (unpaired) electrons. The second-order valence-corrected chi connectivity index (χ2v) is 5.23. The Morgan fingerprint density at radius 3 is 2.07 bits per heavy atom. The number of nitrogens with one attached hydrogen (secondary N) is 1. The highest BCUT2D eigenvalue weighted by molar-refractivity contribution is 5.78. The van der Waals surface area contributed by atoms with Gasteiger partial charge in [0.15, 0.2) is 0 Å². The van der Waals surface area contributed by atoms with Crippen LogP contribution in [-0.4, -0.2) is 23.2 Å². The summed E-state index contributed by atoms with van der Waals surface area (Å²) < 4.78 is 0. The van der Waals surface area contributed by atoms with Crippen LogP contribution < -0.4 is 5.32 Å². The predicted molar refractivity (Wildman–Crippen MR) is 58.4 cm³/mol. The molecule has 3 nitrogen and oxygen atoms in total. The fourth-order valence-corrected chi connectivity index (χ4v) is 1.07. The third-order valence-corrected chi connectivity index (χ3v) is 2.57. The Kier molecular flexibility index (Phi) is 4.59. The van der Waals surface area contributed by atoms with Crippen LogP contribution >= 0.6 is 0 Å². The van der Waals surface area contributed by atoms with Crippen molar-refractivity contribution in [3.8, 4) is 0 Å². The van der Waals surface area contributed by atoms with Crippen LogP contribution in [0.4, 0.5) is 0 Å². The van der Waals surface area contributed by atoms with Gasteiger partial charge in [-0.3, -0.25) is 4.79 Å². The van der Waals surface area contributed by atoms with E-state index in [1.54, 1.807) is 6.92 Å². The van der Waals surface area contributed by atoms with Gasteiger partial charge in [0, 0.05) is 0 Å². The van der Waals surface area contributed by atoms with Crippen LogP contribution in [-0.2, 0) is 4.79 Å². The summed E-state index contributed by atoms with van der Waals surface area (Å²) >= 11 is 0. The second-order valence-electron chi connectivity index (χ2n) is 5.23. The molecule has 0 aliphatic rings. The first-order chi connectivity index (χ1) is 6.21. The molecule has 0 aliphatic carbocycles. The van der Waals surface area contributed by atoms with Gasteiger partial charge in [-0.05, 0) is 31.7 Å². The largest absolute Gasteiger partial charge is 0.480 e. The first kappa shape index (κ1) is 13.4. The molecule has 0 heterocycles. The lowest BCUT2D eigenvalue weighted by molar-refractivity contribution is -0.144. The molecule has 2 N–H and O–H groups in total. The van der Waals surface area contributed by atoms with Gasteiger partial charge in [-0.15, -0.1) is 0 Å². The number of carbonyl (C=O) groups is 1. The third kappa shape index (κ3) is 4.61. The molecule has 0 fully saturated rings. The van der Waals surface area contributed by atoms with Gasteiger partial charge in [-0.25, -0.2) is 0 Å². The van der Waals surface area contributed by atoms with Crippen molar-refractivity contribution < 1.29 is 9.90 Å². The van der Waals surface area contributed by atoms with E-state index < -0.39 is 11.5 Å². The van der Waals surface area contributed by atoms with E-state index in [0.717, 1.165) is 13.0 Å². The third-order valence-electron chi connectivity index (χ3n) is 2.57. The van der Waals surface area contributed by atoms with Gasteiger partial charge in [0.2, 0.25) is 0 Å². The van der Waals surface area contributed by atoms with Crippen molar-refractivity contribution >= 4 is 5.97 Å². The average molecular weight is 201 g/mol. The summed E-state index contributed by atoms with van der Waals surface area (Å²) in [5.74, 6) is -0.770. The Hall–Kier alpha value is -0.570. The standard InChI is InChI=1S/C11H23NO2/c1-6-11(5,9(13)14)12-8-7-10(2,3)4/h12H,6-8H2,1-5H3,(H,13,14). The van der Waals surface area contributed by atoms with Crippen molar-refractivity contribution in [1.29, 1.82) is 0 Å². The zero-order valence-electron chi connectivity index (χ0n) is 9.98. The molecule has 0 saturated carbocycles. The van der Waals surface area contributed by atoms with Crippen molar-refractivity contribution in [3.05, 3.63) is 0 Å². The Labute approximate surface area is 86.9 Å². The van der Waals surface area contributed by atoms with E-state index in [4.69, 9.17) is 5.11 Å². The number of hydrogen-bond acceptors (Lipinski definition) is 2. The van der Waals surface area contributed by atoms with Gasteiger partial charge in [0.05, 0.1) is 0 Å². The molecule has 0 aliphatic heterocycles. The van der Waals surface area contributed by atoms with Crippen molar-refractivity contribution in [2.45, 2.75) is 53.0 Å². The highest BCUT2D eigenvalue weighted by Crippen LogP contribution is 2.18. The maximum Gasteiger partial charge on any atom is 0.323 e. The van der Waals surface area contributed by atoms with Crippen molar-refractivity contribution in [3.63, 3.8) is 0 Å². The van der Waals surface area contributed by atoms with Crippen LogP contribution in [0.1, 0.15) is 47.5 Å². The van der Waals surface area contributed by atoms with Crippen LogP contribution in [0.15, 0.2) is 0 Å². The fraction of sp³-hybridized carbons (Fsp3) is 0.909. The summed E-state index contributed by atoms with van der Waals surface area (Å²) in [4.78, 5) is 10.9. The van der Waals surface area contributed by atoms with Gasteiger partial charge >= 0.3 is 5.97 Å². The molecule has 0 aromatic carbocycles. The van der Waals surface area contributed by atoms with E-state index in [1.807, 2.05) is 6.92 Å². The molecule has 0 amide bonds. The predicted octanol–water partition coefficient (Wildman–Crippen LogP) is 2.27. The molecule has 84 valence electrons. The zero-order chi connectivity index (χ0) is 11.4. The number of hydrogen-bond donors (Lipinski definition) is 2. The monoisotopic (exact) mass is 201 g/mol. The summed E-state index contributed by atoms with van der Waals surface area (Å²) in [6.07, 6.45) is 1.59. The number of aliphatic carboxylic acids is 1. The molecule has 0 rings (SSSR count). The number of carboxylic acids is 1. The number of carboxylic acid groups (broad SMARTS) is 1. The molecule has 14 heavy (non-hydrogen) atoms. The molecule has 1 unspecified atom stereocenters. The average Bonchev–Trinajstić information content (AvgIpc) is 2.01. The zero-order valence-corrected chi connectivity index (χ0v) is 9.98. The summed E-state index contributed by atoms with van der Waals surface area (Å²) in [5, 5.41) is 12.1. The first-order valence-corrected chi connectivity index (χ1v) is 5.20. The van der Waals surface area contributed by atoms with Crippen molar-refractivity contribution in [1.82, 2.24) is 5.32 Å². The van der Waals surface area contributed by atoms with E-state index in [-0.39, 0.29) is 5.41 Å². The van der Waals surface area contributed by atoms with Crippen LogP contribution in [0.2, 0.25) is 0 Å². The Bertz CT molecular complexity index is 196. The molecule has 3 heteroatoms. The highest BCUT2D eigenvalue weighted by atomic mass is 16.4. The summed E-state index contributed by atoms with van der Waals surface area (Å²) in [7, 11) is 0. The van der Waals surface area contributed by atoms with Crippen LogP contribution in [0.25, 0.3) is 0 Å². The lowest BCUT2D eigenvalue weighted by Gasteiger charge is -2.27. The quantitative estimate of drug-likeness (QED) is 0.717. The SMILES string of the molecule is CCC(C)(NCCC(C)(C)C)C(=O)O. The molecule has 0 bridgehead atoms. The van der Waals surface area contributed by atoms with Gasteiger partial charge in [0.1, 0.15) is 5.54 Å². The Balaban J connectivity index is 4.04. The molecule has 0 saturated heterocycles. The highest BCUT2D eigenvalue weighted by Gasteiger charge is 2.30. The molecule has 0 aromatic rings. The molecular formula is C11H23NO2. The lowest BCUT2D eigenvalue weighted by Crippen LogP contribution is -2.49. The first-order valence-electron chi connectivity index (χ1n) is 5.20. The molecular weight excluding hydrogens is 178 g/mol. The minimum Gasteiger partial charge on any atom is -0.480 e. The normalized spacial score (nSPS) is 16.4. The molecule has 0 aromatic heterocycles. The topological polar surface area (TPSA) is 49.3 Å². The minimum atomic E-state index is -0.773. The van der Waals surface area contributed by atoms with E-state index in [1.165, 1.54) is 0 Å². The van der Waals surface area contributed by atoms with Crippen LogP contribution in [0.5, 0.6) is 0 Å². The summed E-state index contributed by atoms with van der Waals surface area (Å²) in [6.45, 7) is 10.8. The maximum atomic E-state index is 10.9. The second kappa shape index (κ2) is 4.78. The smallest absolute Gasteiger partial charge is 0.323 e. The van der Waals surface area contributed by atoms with E-state index in [9.17, 15) is 4.79 Å². The minimum absolute atomic E-state index is 0.250. The Morgan fingerprint density at radius 1 is 1.29 bits per heavy atom. The fourth-order valence-electron chi connectivity index (χ4n) is 1.07. The number of rotatable bonds is 5. The lowest BCUT2D eigenvalue weighted by atomic mass is 9.91. The van der Waals surface area contributed by atoms with Gasteiger partial charge in [-0.2, -0.15) is 0 Å². The maximum absolute atomic E-state index is 10.9.